The number of carbonyl (C=O) groups is 2. The van der Waals surface area contributed by atoms with Crippen LogP contribution in [0.25, 0.3) is 16.6 Å². The van der Waals surface area contributed by atoms with Gasteiger partial charge < -0.3 is 4.98 Å². The molecule has 0 radical (unpaired) electrons. The molecule has 2 amide bonds. The molecule has 0 aliphatic carbocycles. The summed E-state index contributed by atoms with van der Waals surface area (Å²) < 4.78 is 1.59. The molecule has 7 nitrogen and oxygen atoms in total. The Labute approximate surface area is 148 Å². The Morgan fingerprint density at radius 3 is 2.50 bits per heavy atom. The summed E-state index contributed by atoms with van der Waals surface area (Å²) in [5.74, 6) is -0.841. The summed E-state index contributed by atoms with van der Waals surface area (Å²) in [6, 6.07) is 16.9. The zero-order chi connectivity index (χ0) is 17.9. The van der Waals surface area contributed by atoms with E-state index >= 15 is 0 Å². The molecule has 0 saturated heterocycles. The van der Waals surface area contributed by atoms with Crippen molar-refractivity contribution < 1.29 is 9.59 Å². The molecule has 0 saturated carbocycles. The molecule has 2 aromatic carbocycles. The van der Waals surface area contributed by atoms with Gasteiger partial charge in [0, 0.05) is 23.3 Å². The topological polar surface area (TPSA) is 91.8 Å². The van der Waals surface area contributed by atoms with Crippen LogP contribution in [0, 0.1) is 0 Å². The van der Waals surface area contributed by atoms with E-state index in [1.165, 1.54) is 6.20 Å². The lowest BCUT2D eigenvalue weighted by molar-refractivity contribution is 0.0847. The normalized spacial score (nSPS) is 10.6. The molecule has 4 rings (SSSR count). The third kappa shape index (κ3) is 2.93. The maximum absolute atomic E-state index is 12.3. The zero-order valence-corrected chi connectivity index (χ0v) is 13.6. The number of benzene rings is 2. The van der Waals surface area contributed by atoms with Gasteiger partial charge in [-0.05, 0) is 18.2 Å². The van der Waals surface area contributed by atoms with Crippen molar-refractivity contribution in [2.45, 2.75) is 0 Å². The van der Waals surface area contributed by atoms with E-state index in [0.717, 1.165) is 16.6 Å². The smallest absolute Gasteiger partial charge is 0.272 e. The summed E-state index contributed by atoms with van der Waals surface area (Å²) in [6.07, 6.45) is 4.66. The Morgan fingerprint density at radius 1 is 0.923 bits per heavy atom. The minimum absolute atomic E-state index is 0.341. The minimum atomic E-state index is -0.444. The van der Waals surface area contributed by atoms with Gasteiger partial charge >= 0.3 is 0 Å². The molecular formula is C19H15N5O2. The molecule has 4 aromatic rings. The summed E-state index contributed by atoms with van der Waals surface area (Å²) in [4.78, 5) is 27.6. The largest absolute Gasteiger partial charge is 0.360 e. The second-order valence-electron chi connectivity index (χ2n) is 5.67. The molecule has 0 bridgehead atoms. The SMILES string of the molecule is O=C(NNC(=O)c1c[nH]c2ccccc12)c1cnn(-c2ccccc2)c1. The van der Waals surface area contributed by atoms with Crippen LogP contribution >= 0.6 is 0 Å². The number of nitrogens with one attached hydrogen (secondary N) is 3. The van der Waals surface area contributed by atoms with Crippen LogP contribution in [0.1, 0.15) is 20.7 Å². The summed E-state index contributed by atoms with van der Waals surface area (Å²) in [6.45, 7) is 0. The van der Waals surface area contributed by atoms with Gasteiger partial charge in [0.05, 0.1) is 23.0 Å². The summed E-state index contributed by atoms with van der Waals surface area (Å²) in [7, 11) is 0. The van der Waals surface area contributed by atoms with Crippen molar-refractivity contribution in [2.75, 3.05) is 0 Å². The van der Waals surface area contributed by atoms with Crippen molar-refractivity contribution in [3.63, 3.8) is 0 Å². The molecule has 128 valence electrons. The summed E-state index contributed by atoms with van der Waals surface area (Å²) >= 11 is 0. The predicted molar refractivity (Wildman–Crippen MR) is 96.8 cm³/mol. The summed E-state index contributed by atoms with van der Waals surface area (Å²) in [5, 5.41) is 4.95. The van der Waals surface area contributed by atoms with Crippen molar-refractivity contribution in [3.8, 4) is 5.69 Å². The zero-order valence-electron chi connectivity index (χ0n) is 13.6. The van der Waals surface area contributed by atoms with Gasteiger partial charge in [-0.2, -0.15) is 5.10 Å². The number of para-hydroxylation sites is 2. The fraction of sp³-hybridized carbons (Fsp3) is 0. The number of hydrogen-bond donors (Lipinski definition) is 3. The number of H-pyrrole nitrogens is 1. The van der Waals surface area contributed by atoms with Crippen molar-refractivity contribution >= 4 is 22.7 Å². The highest BCUT2D eigenvalue weighted by Crippen LogP contribution is 2.17. The first-order valence-corrected chi connectivity index (χ1v) is 7.99. The van der Waals surface area contributed by atoms with Gasteiger partial charge in [-0.3, -0.25) is 20.4 Å². The lowest BCUT2D eigenvalue weighted by Crippen LogP contribution is -2.41. The van der Waals surface area contributed by atoms with Crippen LogP contribution in [-0.2, 0) is 0 Å². The number of carbonyl (C=O) groups excluding carboxylic acids is 2. The Kier molecular flexibility index (Phi) is 3.95. The van der Waals surface area contributed by atoms with Crippen LogP contribution in [0.3, 0.4) is 0 Å². The first-order valence-electron chi connectivity index (χ1n) is 7.99. The third-order valence-electron chi connectivity index (χ3n) is 3.99. The van der Waals surface area contributed by atoms with Gasteiger partial charge in [-0.1, -0.05) is 36.4 Å². The molecule has 2 aromatic heterocycles. The lowest BCUT2D eigenvalue weighted by atomic mass is 10.2. The van der Waals surface area contributed by atoms with Gasteiger partial charge in [0.15, 0.2) is 0 Å². The van der Waals surface area contributed by atoms with Crippen molar-refractivity contribution in [3.05, 3.63) is 84.3 Å². The minimum Gasteiger partial charge on any atom is -0.360 e. The first kappa shape index (κ1) is 15.6. The second kappa shape index (κ2) is 6.56. The van der Waals surface area contributed by atoms with E-state index in [4.69, 9.17) is 0 Å². The van der Waals surface area contributed by atoms with Crippen molar-refractivity contribution in [1.82, 2.24) is 25.6 Å². The second-order valence-corrected chi connectivity index (χ2v) is 5.67. The standard InChI is InChI=1S/C19H15N5O2/c25-18(13-10-21-24(12-13)14-6-2-1-3-7-14)22-23-19(26)16-11-20-17-9-5-4-8-15(16)17/h1-12,20H,(H,22,25)(H,23,26). The highest BCUT2D eigenvalue weighted by Gasteiger charge is 2.14. The first-order chi connectivity index (χ1) is 12.7. The number of amides is 2. The average molecular weight is 345 g/mol. The van der Waals surface area contributed by atoms with Crippen LogP contribution in [0.4, 0.5) is 0 Å². The van der Waals surface area contributed by atoms with E-state index in [-0.39, 0.29) is 0 Å². The highest BCUT2D eigenvalue weighted by molar-refractivity contribution is 6.07. The number of nitrogens with zero attached hydrogens (tertiary/aromatic N) is 2. The van der Waals surface area contributed by atoms with E-state index in [1.54, 1.807) is 17.1 Å². The number of hydrazine groups is 1. The van der Waals surface area contributed by atoms with Gasteiger partial charge in [-0.15, -0.1) is 0 Å². The van der Waals surface area contributed by atoms with Gasteiger partial charge in [0.2, 0.25) is 0 Å². The molecule has 0 aliphatic heterocycles. The molecule has 26 heavy (non-hydrogen) atoms. The van der Waals surface area contributed by atoms with E-state index in [1.807, 2.05) is 54.6 Å². The molecule has 0 atom stereocenters. The van der Waals surface area contributed by atoms with Crippen LogP contribution in [0.15, 0.2) is 73.2 Å². The Bertz CT molecular complexity index is 1080. The fourth-order valence-corrected chi connectivity index (χ4v) is 2.67. The number of rotatable bonds is 3. The third-order valence-corrected chi connectivity index (χ3v) is 3.99. The number of hydrogen-bond acceptors (Lipinski definition) is 3. The van der Waals surface area contributed by atoms with E-state index < -0.39 is 11.8 Å². The maximum atomic E-state index is 12.3. The molecule has 0 aliphatic rings. The Hall–Kier alpha value is -3.87. The molecule has 3 N–H and O–H groups in total. The number of fused-ring (bicyclic) bond motifs is 1. The quantitative estimate of drug-likeness (QED) is 0.498. The van der Waals surface area contributed by atoms with Gasteiger partial charge in [-0.25, -0.2) is 4.68 Å². The highest BCUT2D eigenvalue weighted by atomic mass is 16.2. The van der Waals surface area contributed by atoms with E-state index in [0.29, 0.717) is 11.1 Å². The van der Waals surface area contributed by atoms with Crippen LogP contribution < -0.4 is 10.9 Å². The van der Waals surface area contributed by atoms with Crippen LogP contribution in [-0.4, -0.2) is 26.6 Å². The van der Waals surface area contributed by atoms with Crippen molar-refractivity contribution in [2.24, 2.45) is 0 Å². The number of aromatic amines is 1. The van der Waals surface area contributed by atoms with Crippen molar-refractivity contribution in [1.29, 1.82) is 0 Å². The fourth-order valence-electron chi connectivity index (χ4n) is 2.67. The Balaban J connectivity index is 1.44. The number of aromatic nitrogens is 3. The van der Waals surface area contributed by atoms with Gasteiger partial charge in [0.25, 0.3) is 11.8 Å². The average Bonchev–Trinajstić information content (AvgIpc) is 3.34. The molecule has 2 heterocycles. The molecule has 0 spiro atoms. The van der Waals surface area contributed by atoms with E-state index in [9.17, 15) is 9.59 Å². The summed E-state index contributed by atoms with van der Waals surface area (Å²) in [5.41, 5.74) is 7.34. The van der Waals surface area contributed by atoms with E-state index in [2.05, 4.69) is 20.9 Å². The van der Waals surface area contributed by atoms with Crippen LogP contribution in [0.5, 0.6) is 0 Å². The monoisotopic (exact) mass is 345 g/mol. The molecule has 0 unspecified atom stereocenters. The molecule has 0 fully saturated rings. The Morgan fingerprint density at radius 2 is 1.65 bits per heavy atom. The maximum Gasteiger partial charge on any atom is 0.272 e. The lowest BCUT2D eigenvalue weighted by Gasteiger charge is -2.05. The van der Waals surface area contributed by atoms with Gasteiger partial charge in [0.1, 0.15) is 0 Å². The predicted octanol–water partition coefficient (Wildman–Crippen LogP) is 2.43. The molecular weight excluding hydrogens is 330 g/mol. The van der Waals surface area contributed by atoms with Crippen LogP contribution in [0.2, 0.25) is 0 Å². The molecule has 7 heteroatoms.